The van der Waals surface area contributed by atoms with Gasteiger partial charge >= 0.3 is 0 Å². The van der Waals surface area contributed by atoms with Gasteiger partial charge in [-0.15, -0.1) is 0 Å². The van der Waals surface area contributed by atoms with Crippen molar-refractivity contribution < 1.29 is 13.2 Å². The minimum absolute atomic E-state index is 0.213. The number of nitrogens with one attached hydrogen (secondary N) is 1. The van der Waals surface area contributed by atoms with Gasteiger partial charge in [0.25, 0.3) is 0 Å². The number of amides is 1. The summed E-state index contributed by atoms with van der Waals surface area (Å²) in [6, 6.07) is 13.8. The molecule has 1 atom stereocenters. The molecular weight excluding hydrogens is 324 g/mol. The largest absolute Gasteiger partial charge is 0.311 e. The van der Waals surface area contributed by atoms with Crippen LogP contribution in [0.2, 0.25) is 0 Å². The van der Waals surface area contributed by atoms with Crippen LogP contribution in [0.1, 0.15) is 17.5 Å². The van der Waals surface area contributed by atoms with Gasteiger partial charge in [0.1, 0.15) is 6.04 Å². The molecule has 0 radical (unpaired) electrons. The van der Waals surface area contributed by atoms with Gasteiger partial charge in [-0.3, -0.25) is 4.79 Å². The van der Waals surface area contributed by atoms with E-state index in [0.29, 0.717) is 18.5 Å². The normalized spacial score (nSPS) is 18.2. The molecule has 1 heterocycles. The topological polar surface area (TPSA) is 66.5 Å². The lowest BCUT2D eigenvalue weighted by molar-refractivity contribution is -0.118. The van der Waals surface area contributed by atoms with Crippen molar-refractivity contribution in [3.05, 3.63) is 59.7 Å². The van der Waals surface area contributed by atoms with Gasteiger partial charge < -0.3 is 4.90 Å². The molecule has 0 spiro atoms. The fourth-order valence-electron chi connectivity index (χ4n) is 2.90. The summed E-state index contributed by atoms with van der Waals surface area (Å²) in [7, 11) is -3.73. The lowest BCUT2D eigenvalue weighted by atomic mass is 10.2. The van der Waals surface area contributed by atoms with Crippen molar-refractivity contribution in [3.8, 4) is 0 Å². The number of carbonyl (C=O) groups is 1. The number of carbonyl (C=O) groups excluding carboxylic acids is 1. The Morgan fingerprint density at radius 2 is 1.79 bits per heavy atom. The maximum atomic E-state index is 12.7. The highest BCUT2D eigenvalue weighted by Crippen LogP contribution is 2.23. The molecule has 0 bridgehead atoms. The Balaban J connectivity index is 1.81. The van der Waals surface area contributed by atoms with Crippen LogP contribution in [0.4, 0.5) is 5.69 Å². The molecule has 5 nitrogen and oxygen atoms in total. The fraction of sp³-hybridized carbons (Fsp3) is 0.278. The average molecular weight is 344 g/mol. The molecule has 1 N–H and O–H groups in total. The molecule has 1 aliphatic rings. The van der Waals surface area contributed by atoms with Crippen LogP contribution >= 0.6 is 0 Å². The molecule has 24 heavy (non-hydrogen) atoms. The lowest BCUT2D eigenvalue weighted by Gasteiger charge is -2.17. The Hall–Kier alpha value is -2.18. The van der Waals surface area contributed by atoms with Gasteiger partial charge in [-0.1, -0.05) is 30.3 Å². The van der Waals surface area contributed by atoms with E-state index in [9.17, 15) is 13.2 Å². The number of aryl methyl sites for hydroxylation is 2. The van der Waals surface area contributed by atoms with Crippen LogP contribution in [-0.4, -0.2) is 26.9 Å². The molecule has 0 unspecified atom stereocenters. The first-order chi connectivity index (χ1) is 11.4. The first kappa shape index (κ1) is 16.7. The van der Waals surface area contributed by atoms with Crippen LogP contribution in [0, 0.1) is 13.8 Å². The van der Waals surface area contributed by atoms with Gasteiger partial charge in [-0.05, 0) is 49.6 Å². The van der Waals surface area contributed by atoms with Gasteiger partial charge in [-0.25, -0.2) is 8.42 Å². The third kappa shape index (κ3) is 3.20. The van der Waals surface area contributed by atoms with E-state index in [-0.39, 0.29) is 10.8 Å². The predicted molar refractivity (Wildman–Crippen MR) is 93.4 cm³/mol. The van der Waals surface area contributed by atoms with Crippen LogP contribution in [0.3, 0.4) is 0 Å². The molecule has 2 aromatic rings. The highest BCUT2D eigenvalue weighted by Gasteiger charge is 2.35. The summed E-state index contributed by atoms with van der Waals surface area (Å²) in [6.45, 7) is 4.10. The molecule has 0 aliphatic carbocycles. The lowest BCUT2D eigenvalue weighted by Crippen LogP contribution is -2.41. The zero-order chi connectivity index (χ0) is 17.3. The Morgan fingerprint density at radius 1 is 1.08 bits per heavy atom. The number of para-hydroxylation sites is 1. The Labute approximate surface area is 142 Å². The standard InChI is InChI=1S/C18H20N2O3S/c1-13-8-9-14(2)17(12-13)24(22,23)19-16-10-11-20(18(16)21)15-6-4-3-5-7-15/h3-9,12,16,19H,10-11H2,1-2H3/t16-/m0/s1. The SMILES string of the molecule is Cc1ccc(C)c(S(=O)(=O)N[C@H]2CCN(c3ccccc3)C2=O)c1. The average Bonchev–Trinajstić information content (AvgIpc) is 2.91. The van der Waals surface area contributed by atoms with Gasteiger partial charge in [0.2, 0.25) is 15.9 Å². The van der Waals surface area contributed by atoms with Crippen LogP contribution in [-0.2, 0) is 14.8 Å². The minimum atomic E-state index is -3.73. The number of hydrogen-bond donors (Lipinski definition) is 1. The van der Waals surface area contributed by atoms with E-state index in [4.69, 9.17) is 0 Å². The summed E-state index contributed by atoms with van der Waals surface area (Å²) in [6.07, 6.45) is 0.456. The zero-order valence-corrected chi connectivity index (χ0v) is 14.5. The van der Waals surface area contributed by atoms with Crippen LogP contribution < -0.4 is 9.62 Å². The smallest absolute Gasteiger partial charge is 0.245 e. The first-order valence-corrected chi connectivity index (χ1v) is 9.33. The maximum Gasteiger partial charge on any atom is 0.245 e. The minimum Gasteiger partial charge on any atom is -0.311 e. The highest BCUT2D eigenvalue weighted by molar-refractivity contribution is 7.89. The van der Waals surface area contributed by atoms with Gasteiger partial charge in [0, 0.05) is 12.2 Å². The van der Waals surface area contributed by atoms with Crippen molar-refractivity contribution in [1.29, 1.82) is 0 Å². The molecule has 0 aromatic heterocycles. The summed E-state index contributed by atoms with van der Waals surface area (Å²) in [5.41, 5.74) is 2.32. The Bertz CT molecular complexity index is 863. The highest BCUT2D eigenvalue weighted by atomic mass is 32.2. The molecule has 1 aliphatic heterocycles. The third-order valence-electron chi connectivity index (χ3n) is 4.20. The van der Waals surface area contributed by atoms with Crippen molar-refractivity contribution in [2.24, 2.45) is 0 Å². The van der Waals surface area contributed by atoms with Gasteiger partial charge in [-0.2, -0.15) is 4.72 Å². The Kier molecular flexibility index (Phi) is 4.43. The molecule has 0 saturated carbocycles. The summed E-state index contributed by atoms with van der Waals surface area (Å²) in [5.74, 6) is -0.213. The van der Waals surface area contributed by atoms with E-state index in [2.05, 4.69) is 4.72 Å². The van der Waals surface area contributed by atoms with Crippen molar-refractivity contribution in [1.82, 2.24) is 4.72 Å². The second kappa shape index (κ2) is 6.37. The number of anilines is 1. The van der Waals surface area contributed by atoms with E-state index < -0.39 is 16.1 Å². The number of nitrogens with zero attached hydrogens (tertiary/aromatic N) is 1. The predicted octanol–water partition coefficient (Wildman–Crippen LogP) is 2.39. The number of hydrogen-bond acceptors (Lipinski definition) is 3. The summed E-state index contributed by atoms with van der Waals surface area (Å²) in [4.78, 5) is 14.4. The fourth-order valence-corrected chi connectivity index (χ4v) is 4.45. The monoisotopic (exact) mass is 344 g/mol. The van der Waals surface area contributed by atoms with Gasteiger partial charge in [0.05, 0.1) is 4.90 Å². The molecule has 1 amide bonds. The van der Waals surface area contributed by atoms with Crippen LogP contribution in [0.5, 0.6) is 0 Å². The summed E-state index contributed by atoms with van der Waals surface area (Å²) < 4.78 is 27.9. The van der Waals surface area contributed by atoms with Crippen molar-refractivity contribution >= 4 is 21.6 Å². The second-order valence-electron chi connectivity index (χ2n) is 6.06. The second-order valence-corrected chi connectivity index (χ2v) is 7.74. The van der Waals surface area contributed by atoms with E-state index in [1.54, 1.807) is 24.0 Å². The number of sulfonamides is 1. The molecule has 2 aromatic carbocycles. The molecule has 6 heteroatoms. The Morgan fingerprint density at radius 3 is 2.50 bits per heavy atom. The molecule has 3 rings (SSSR count). The van der Waals surface area contributed by atoms with E-state index in [1.807, 2.05) is 43.3 Å². The summed E-state index contributed by atoms with van der Waals surface area (Å²) in [5, 5.41) is 0. The molecule has 126 valence electrons. The van der Waals surface area contributed by atoms with Crippen LogP contribution in [0.15, 0.2) is 53.4 Å². The van der Waals surface area contributed by atoms with Crippen molar-refractivity contribution in [2.45, 2.75) is 31.2 Å². The van der Waals surface area contributed by atoms with Crippen LogP contribution in [0.25, 0.3) is 0 Å². The van der Waals surface area contributed by atoms with Gasteiger partial charge in [0.15, 0.2) is 0 Å². The quantitative estimate of drug-likeness (QED) is 0.926. The van der Waals surface area contributed by atoms with Crippen molar-refractivity contribution in [2.75, 3.05) is 11.4 Å². The van der Waals surface area contributed by atoms with E-state index in [0.717, 1.165) is 11.3 Å². The zero-order valence-electron chi connectivity index (χ0n) is 13.7. The summed E-state index contributed by atoms with van der Waals surface area (Å²) >= 11 is 0. The van der Waals surface area contributed by atoms with Crippen molar-refractivity contribution in [3.63, 3.8) is 0 Å². The first-order valence-electron chi connectivity index (χ1n) is 7.84. The third-order valence-corrected chi connectivity index (χ3v) is 5.82. The molecule has 1 saturated heterocycles. The number of rotatable bonds is 4. The van der Waals surface area contributed by atoms with E-state index >= 15 is 0 Å². The number of benzene rings is 2. The van der Waals surface area contributed by atoms with E-state index in [1.165, 1.54) is 0 Å². The molecule has 1 fully saturated rings. The maximum absolute atomic E-state index is 12.7. The molecular formula is C18H20N2O3S.